The molecule has 23 heavy (non-hydrogen) atoms. The number of aromatic nitrogens is 2. The van der Waals surface area contributed by atoms with E-state index >= 15 is 0 Å². The van der Waals surface area contributed by atoms with E-state index in [0.29, 0.717) is 49.1 Å². The van der Waals surface area contributed by atoms with Crippen LogP contribution in [-0.2, 0) is 16.6 Å². The van der Waals surface area contributed by atoms with Crippen molar-refractivity contribution in [1.29, 1.82) is 0 Å². The van der Waals surface area contributed by atoms with Gasteiger partial charge in [0.1, 0.15) is 0 Å². The van der Waals surface area contributed by atoms with Crippen LogP contribution in [0.5, 0.6) is 0 Å². The smallest absolute Gasteiger partial charge is 0.223 e. The molecule has 1 saturated carbocycles. The van der Waals surface area contributed by atoms with E-state index < -0.39 is 10.0 Å². The molecule has 1 unspecified atom stereocenters. The van der Waals surface area contributed by atoms with Crippen molar-refractivity contribution in [2.45, 2.75) is 51.6 Å². The molecule has 8 heteroatoms. The third kappa shape index (κ3) is 4.51. The molecule has 1 aromatic heterocycles. The minimum atomic E-state index is -3.07. The maximum Gasteiger partial charge on any atom is 0.223 e. The van der Waals surface area contributed by atoms with Gasteiger partial charge in [-0.2, -0.15) is 4.98 Å². The molecule has 2 fully saturated rings. The van der Waals surface area contributed by atoms with E-state index in [1.54, 1.807) is 11.2 Å². The van der Waals surface area contributed by atoms with Gasteiger partial charge in [-0.1, -0.05) is 5.16 Å². The summed E-state index contributed by atoms with van der Waals surface area (Å²) in [6.45, 7) is 3.69. The SMILES string of the molecule is Cc1nc(CN(C)C2CCCN(S(=O)(=O)CC3CC3)CC2)no1. The fraction of sp³-hybridized carbons (Fsp3) is 0.867. The number of nitrogens with zero attached hydrogens (tertiary/aromatic N) is 4. The zero-order chi connectivity index (χ0) is 16.4. The first-order valence-electron chi connectivity index (χ1n) is 8.41. The third-order valence-electron chi connectivity index (χ3n) is 4.78. The van der Waals surface area contributed by atoms with Crippen molar-refractivity contribution in [3.63, 3.8) is 0 Å². The molecule has 1 saturated heterocycles. The van der Waals surface area contributed by atoms with Gasteiger partial charge in [0.05, 0.1) is 12.3 Å². The van der Waals surface area contributed by atoms with Crippen molar-refractivity contribution in [2.24, 2.45) is 5.92 Å². The Morgan fingerprint density at radius 2 is 2.04 bits per heavy atom. The minimum Gasteiger partial charge on any atom is -0.340 e. The highest BCUT2D eigenvalue weighted by molar-refractivity contribution is 7.89. The van der Waals surface area contributed by atoms with E-state index in [1.165, 1.54) is 0 Å². The molecule has 0 spiro atoms. The summed E-state index contributed by atoms with van der Waals surface area (Å²) in [5.74, 6) is 2.01. The standard InChI is InChI=1S/C15H26N4O3S/c1-12-16-15(17-22-12)10-18(2)14-4-3-8-19(9-7-14)23(20,21)11-13-5-6-13/h13-14H,3-11H2,1-2H3. The summed E-state index contributed by atoms with van der Waals surface area (Å²) in [6.07, 6.45) is 4.91. The molecule has 0 radical (unpaired) electrons. The normalized spacial score (nSPS) is 24.0. The fourth-order valence-electron chi connectivity index (χ4n) is 3.22. The zero-order valence-electron chi connectivity index (χ0n) is 13.9. The Morgan fingerprint density at radius 1 is 1.26 bits per heavy atom. The largest absolute Gasteiger partial charge is 0.340 e. The summed E-state index contributed by atoms with van der Waals surface area (Å²) in [4.78, 5) is 6.45. The molecule has 1 atom stereocenters. The van der Waals surface area contributed by atoms with Crippen LogP contribution in [0.15, 0.2) is 4.52 Å². The number of aryl methyl sites for hydroxylation is 1. The van der Waals surface area contributed by atoms with Crippen LogP contribution in [0.25, 0.3) is 0 Å². The van der Waals surface area contributed by atoms with Gasteiger partial charge < -0.3 is 4.52 Å². The van der Waals surface area contributed by atoms with Crippen molar-refractivity contribution in [3.05, 3.63) is 11.7 Å². The van der Waals surface area contributed by atoms with E-state index in [4.69, 9.17) is 4.52 Å². The highest BCUT2D eigenvalue weighted by Gasteiger charge is 2.33. The lowest BCUT2D eigenvalue weighted by molar-refractivity contribution is 0.207. The van der Waals surface area contributed by atoms with Crippen LogP contribution in [0.2, 0.25) is 0 Å². The molecule has 0 aromatic carbocycles. The van der Waals surface area contributed by atoms with Gasteiger partial charge in [0.2, 0.25) is 15.9 Å². The van der Waals surface area contributed by atoms with Crippen molar-refractivity contribution < 1.29 is 12.9 Å². The molecule has 2 heterocycles. The Labute approximate surface area is 138 Å². The van der Waals surface area contributed by atoms with Gasteiger partial charge in [-0.25, -0.2) is 12.7 Å². The molecule has 1 aliphatic carbocycles. The van der Waals surface area contributed by atoms with Gasteiger partial charge in [-0.3, -0.25) is 4.90 Å². The molecule has 0 N–H and O–H groups in total. The molecule has 7 nitrogen and oxygen atoms in total. The molecule has 2 aliphatic rings. The summed E-state index contributed by atoms with van der Waals surface area (Å²) in [7, 11) is -1.03. The monoisotopic (exact) mass is 342 g/mol. The number of hydrogen-bond acceptors (Lipinski definition) is 6. The fourth-order valence-corrected chi connectivity index (χ4v) is 5.15. The van der Waals surface area contributed by atoms with Gasteiger partial charge in [0.25, 0.3) is 0 Å². The lowest BCUT2D eigenvalue weighted by Crippen LogP contribution is -2.36. The van der Waals surface area contributed by atoms with Crippen LogP contribution in [0.4, 0.5) is 0 Å². The molecular weight excluding hydrogens is 316 g/mol. The van der Waals surface area contributed by atoms with Crippen LogP contribution in [-0.4, -0.2) is 59.7 Å². The second-order valence-corrected chi connectivity index (χ2v) is 8.86. The highest BCUT2D eigenvalue weighted by Crippen LogP contribution is 2.31. The molecule has 0 amide bonds. The maximum atomic E-state index is 12.4. The Morgan fingerprint density at radius 3 is 2.70 bits per heavy atom. The number of sulfonamides is 1. The van der Waals surface area contributed by atoms with Crippen LogP contribution < -0.4 is 0 Å². The Balaban J connectivity index is 1.55. The van der Waals surface area contributed by atoms with Gasteiger partial charge in [-0.05, 0) is 45.1 Å². The first kappa shape index (κ1) is 16.9. The highest BCUT2D eigenvalue weighted by atomic mass is 32.2. The Bertz CT molecular complexity index is 626. The van der Waals surface area contributed by atoms with E-state index in [9.17, 15) is 8.42 Å². The second kappa shape index (κ2) is 6.86. The average Bonchev–Trinajstić information content (AvgIpc) is 3.24. The Kier molecular flexibility index (Phi) is 5.03. The van der Waals surface area contributed by atoms with Crippen LogP contribution in [0.3, 0.4) is 0 Å². The van der Waals surface area contributed by atoms with Crippen LogP contribution in [0.1, 0.15) is 43.8 Å². The van der Waals surface area contributed by atoms with E-state index in [2.05, 4.69) is 15.0 Å². The average molecular weight is 342 g/mol. The van der Waals surface area contributed by atoms with E-state index in [1.807, 2.05) is 7.05 Å². The molecular formula is C15H26N4O3S. The van der Waals surface area contributed by atoms with Gasteiger partial charge >= 0.3 is 0 Å². The summed E-state index contributed by atoms with van der Waals surface area (Å²) in [5, 5.41) is 3.93. The predicted molar refractivity (Wildman–Crippen MR) is 86.2 cm³/mol. The predicted octanol–water partition coefficient (Wildman–Crippen LogP) is 1.40. The van der Waals surface area contributed by atoms with Crippen LogP contribution in [0, 0.1) is 12.8 Å². The first-order valence-corrected chi connectivity index (χ1v) is 10.0. The maximum absolute atomic E-state index is 12.4. The van der Waals surface area contributed by atoms with Gasteiger partial charge in [0, 0.05) is 26.1 Å². The summed E-state index contributed by atoms with van der Waals surface area (Å²) >= 11 is 0. The molecule has 1 aliphatic heterocycles. The number of rotatable bonds is 6. The van der Waals surface area contributed by atoms with Crippen molar-refractivity contribution >= 4 is 10.0 Å². The first-order chi connectivity index (χ1) is 10.9. The van der Waals surface area contributed by atoms with Crippen LogP contribution >= 0.6 is 0 Å². The summed E-state index contributed by atoms with van der Waals surface area (Å²) < 4.78 is 31.6. The van der Waals surface area contributed by atoms with E-state index in [-0.39, 0.29) is 0 Å². The van der Waals surface area contributed by atoms with E-state index in [0.717, 1.165) is 32.1 Å². The quantitative estimate of drug-likeness (QED) is 0.777. The van der Waals surface area contributed by atoms with Crippen molar-refractivity contribution in [1.82, 2.24) is 19.3 Å². The summed E-state index contributed by atoms with van der Waals surface area (Å²) in [6, 6.07) is 0.356. The number of hydrogen-bond donors (Lipinski definition) is 0. The molecule has 3 rings (SSSR count). The van der Waals surface area contributed by atoms with Crippen molar-refractivity contribution in [3.8, 4) is 0 Å². The topological polar surface area (TPSA) is 79.5 Å². The van der Waals surface area contributed by atoms with Gasteiger partial charge in [-0.15, -0.1) is 0 Å². The minimum absolute atomic E-state index is 0.343. The lowest BCUT2D eigenvalue weighted by atomic mass is 10.1. The second-order valence-electron chi connectivity index (χ2n) is 6.85. The molecule has 130 valence electrons. The summed E-state index contributed by atoms with van der Waals surface area (Å²) in [5.41, 5.74) is 0. The zero-order valence-corrected chi connectivity index (χ0v) is 14.8. The van der Waals surface area contributed by atoms with Gasteiger partial charge in [0.15, 0.2) is 5.82 Å². The van der Waals surface area contributed by atoms with Crippen molar-refractivity contribution in [2.75, 3.05) is 25.9 Å². The lowest BCUT2D eigenvalue weighted by Gasteiger charge is -2.26. The third-order valence-corrected chi connectivity index (χ3v) is 6.82. The molecule has 0 bridgehead atoms. The Hall–Kier alpha value is -0.990. The molecule has 1 aromatic rings.